The quantitative estimate of drug-likeness (QED) is 0.493. The van der Waals surface area contributed by atoms with Crippen LogP contribution in [0.1, 0.15) is 0 Å². The van der Waals surface area contributed by atoms with Crippen LogP contribution >= 0.6 is 11.8 Å². The minimum Gasteiger partial charge on any atom is -0.480 e. The maximum atomic E-state index is 11.1. The molecule has 0 aromatic carbocycles. The Hall–Kier alpha value is -1.24. The summed E-state index contributed by atoms with van der Waals surface area (Å²) in [7, 11) is 0. The van der Waals surface area contributed by atoms with Gasteiger partial charge in [0.15, 0.2) is 0 Å². The summed E-state index contributed by atoms with van der Waals surface area (Å²) in [5.41, 5.74) is 0. The molecule has 7 heteroatoms. The van der Waals surface area contributed by atoms with Gasteiger partial charge in [-0.05, 0) is 0 Å². The molecule has 1 rings (SSSR count). The van der Waals surface area contributed by atoms with Crippen molar-refractivity contribution in [2.45, 2.75) is 6.04 Å². The van der Waals surface area contributed by atoms with E-state index in [0.717, 1.165) is 0 Å². The maximum absolute atomic E-state index is 11.1. The number of carboxylic acid groups (broad SMARTS) is 1. The number of carboxylic acids is 1. The Morgan fingerprint density at radius 3 is 2.79 bits per heavy atom. The van der Waals surface area contributed by atoms with Crippen LogP contribution in [-0.4, -0.2) is 47.0 Å². The van der Waals surface area contributed by atoms with Crippen molar-refractivity contribution in [2.24, 2.45) is 0 Å². The Labute approximate surface area is 84.4 Å². The van der Waals surface area contributed by atoms with E-state index in [4.69, 9.17) is 5.11 Å². The van der Waals surface area contributed by atoms with E-state index in [1.807, 2.05) is 0 Å². The molecule has 0 aromatic heterocycles. The van der Waals surface area contributed by atoms with Crippen LogP contribution in [0.3, 0.4) is 0 Å². The SMILES string of the molecule is O=C1CSCC(C(=O)O)NC(=O)CN1. The highest BCUT2D eigenvalue weighted by Gasteiger charge is 2.22. The zero-order chi connectivity index (χ0) is 10.6. The van der Waals surface area contributed by atoms with Gasteiger partial charge in [0.2, 0.25) is 11.8 Å². The average molecular weight is 218 g/mol. The summed E-state index contributed by atoms with van der Waals surface area (Å²) < 4.78 is 0. The number of aliphatic carboxylic acids is 1. The van der Waals surface area contributed by atoms with Crippen molar-refractivity contribution in [1.29, 1.82) is 0 Å². The molecule has 0 radical (unpaired) electrons. The number of nitrogens with one attached hydrogen (secondary N) is 2. The monoisotopic (exact) mass is 218 g/mol. The van der Waals surface area contributed by atoms with Crippen molar-refractivity contribution in [3.8, 4) is 0 Å². The third kappa shape index (κ3) is 3.25. The van der Waals surface area contributed by atoms with E-state index in [1.54, 1.807) is 0 Å². The van der Waals surface area contributed by atoms with Crippen molar-refractivity contribution in [1.82, 2.24) is 10.6 Å². The number of hydrogen-bond acceptors (Lipinski definition) is 4. The van der Waals surface area contributed by atoms with Crippen LogP contribution in [0, 0.1) is 0 Å². The molecule has 1 fully saturated rings. The highest BCUT2D eigenvalue weighted by molar-refractivity contribution is 8.00. The Morgan fingerprint density at radius 1 is 1.43 bits per heavy atom. The molecule has 1 unspecified atom stereocenters. The molecule has 1 aliphatic rings. The molecule has 0 saturated carbocycles. The zero-order valence-corrected chi connectivity index (χ0v) is 8.10. The summed E-state index contributed by atoms with van der Waals surface area (Å²) in [6.07, 6.45) is 0. The number of carbonyl (C=O) groups is 3. The Kier molecular flexibility index (Phi) is 3.75. The van der Waals surface area contributed by atoms with Crippen molar-refractivity contribution in [3.63, 3.8) is 0 Å². The second kappa shape index (κ2) is 4.85. The van der Waals surface area contributed by atoms with Crippen LogP contribution in [0.2, 0.25) is 0 Å². The molecule has 6 nitrogen and oxygen atoms in total. The standard InChI is InChI=1S/C7H10N2O4S/c10-5-1-8-6(11)3-14-2-4(9-5)7(12)13/h4H,1-3H2,(H,8,11)(H,9,10)(H,12,13). The summed E-state index contributed by atoms with van der Waals surface area (Å²) in [5, 5.41) is 13.4. The van der Waals surface area contributed by atoms with Gasteiger partial charge in [-0.1, -0.05) is 0 Å². The average Bonchev–Trinajstić information content (AvgIpc) is 2.19. The van der Waals surface area contributed by atoms with Gasteiger partial charge in [0, 0.05) is 5.75 Å². The second-order valence-electron chi connectivity index (χ2n) is 2.75. The van der Waals surface area contributed by atoms with Gasteiger partial charge in [0.25, 0.3) is 0 Å². The highest BCUT2D eigenvalue weighted by Crippen LogP contribution is 2.04. The van der Waals surface area contributed by atoms with Gasteiger partial charge in [-0.15, -0.1) is 11.8 Å². The lowest BCUT2D eigenvalue weighted by Crippen LogP contribution is -2.45. The number of thioether (sulfide) groups is 1. The lowest BCUT2D eigenvalue weighted by molar-refractivity contribution is -0.140. The summed E-state index contributed by atoms with van der Waals surface area (Å²) in [6.45, 7) is -0.164. The molecule has 78 valence electrons. The molecule has 0 aliphatic carbocycles. The lowest BCUT2D eigenvalue weighted by Gasteiger charge is -2.11. The van der Waals surface area contributed by atoms with Crippen LogP contribution in [0.5, 0.6) is 0 Å². The van der Waals surface area contributed by atoms with Gasteiger partial charge in [0.1, 0.15) is 6.04 Å². The van der Waals surface area contributed by atoms with Gasteiger partial charge >= 0.3 is 5.97 Å². The van der Waals surface area contributed by atoms with Crippen LogP contribution in [0.15, 0.2) is 0 Å². The van der Waals surface area contributed by atoms with Crippen LogP contribution in [-0.2, 0) is 14.4 Å². The van der Waals surface area contributed by atoms with Gasteiger partial charge in [0.05, 0.1) is 12.3 Å². The van der Waals surface area contributed by atoms with Crippen molar-refractivity contribution in [3.05, 3.63) is 0 Å². The molecule has 1 atom stereocenters. The zero-order valence-electron chi connectivity index (χ0n) is 7.28. The largest absolute Gasteiger partial charge is 0.480 e. The van der Waals surface area contributed by atoms with E-state index in [1.165, 1.54) is 11.8 Å². The summed E-state index contributed by atoms with van der Waals surface area (Å²) in [4.78, 5) is 32.6. The van der Waals surface area contributed by atoms with Crippen molar-refractivity contribution >= 4 is 29.5 Å². The minimum absolute atomic E-state index is 0.164. The van der Waals surface area contributed by atoms with Crippen LogP contribution < -0.4 is 10.6 Å². The first-order valence-corrected chi connectivity index (χ1v) is 5.11. The molecule has 0 bridgehead atoms. The number of carbonyl (C=O) groups excluding carboxylic acids is 2. The predicted molar refractivity (Wildman–Crippen MR) is 49.9 cm³/mol. The minimum atomic E-state index is -1.08. The molecule has 1 aliphatic heterocycles. The van der Waals surface area contributed by atoms with Gasteiger partial charge < -0.3 is 15.7 Å². The first-order valence-electron chi connectivity index (χ1n) is 3.96. The molecule has 1 heterocycles. The third-order valence-corrected chi connectivity index (χ3v) is 2.63. The molecular formula is C7H10N2O4S. The molecule has 2 amide bonds. The molecule has 1 saturated heterocycles. The van der Waals surface area contributed by atoms with Gasteiger partial charge in [-0.25, -0.2) is 4.79 Å². The Morgan fingerprint density at radius 2 is 2.14 bits per heavy atom. The summed E-state index contributed by atoms with van der Waals surface area (Å²) >= 11 is 1.18. The Balaban J connectivity index is 2.60. The number of hydrogen-bond donors (Lipinski definition) is 3. The summed E-state index contributed by atoms with van der Waals surface area (Å²) in [5.74, 6) is -1.43. The van der Waals surface area contributed by atoms with Gasteiger partial charge in [-0.3, -0.25) is 9.59 Å². The van der Waals surface area contributed by atoms with E-state index >= 15 is 0 Å². The summed E-state index contributed by atoms with van der Waals surface area (Å²) in [6, 6.07) is -0.916. The fraction of sp³-hybridized carbons (Fsp3) is 0.571. The van der Waals surface area contributed by atoms with E-state index in [0.29, 0.717) is 0 Å². The Bertz CT molecular complexity index is 268. The van der Waals surface area contributed by atoms with Crippen LogP contribution in [0.4, 0.5) is 0 Å². The van der Waals surface area contributed by atoms with Crippen molar-refractivity contribution < 1.29 is 19.5 Å². The first kappa shape index (κ1) is 10.8. The molecular weight excluding hydrogens is 208 g/mol. The highest BCUT2D eigenvalue weighted by atomic mass is 32.2. The van der Waals surface area contributed by atoms with Gasteiger partial charge in [-0.2, -0.15) is 0 Å². The molecule has 3 N–H and O–H groups in total. The van der Waals surface area contributed by atoms with E-state index in [-0.39, 0.29) is 24.0 Å². The maximum Gasteiger partial charge on any atom is 0.327 e. The molecule has 0 spiro atoms. The van der Waals surface area contributed by atoms with Crippen LogP contribution in [0.25, 0.3) is 0 Å². The molecule has 14 heavy (non-hydrogen) atoms. The normalized spacial score (nSPS) is 23.9. The topological polar surface area (TPSA) is 95.5 Å². The predicted octanol–water partition coefficient (Wildman–Crippen LogP) is -1.58. The first-order chi connectivity index (χ1) is 6.59. The molecule has 0 aromatic rings. The number of amides is 2. The fourth-order valence-electron chi connectivity index (χ4n) is 0.919. The lowest BCUT2D eigenvalue weighted by atomic mass is 10.3. The second-order valence-corrected chi connectivity index (χ2v) is 3.78. The third-order valence-electron chi connectivity index (χ3n) is 1.60. The van der Waals surface area contributed by atoms with E-state index in [2.05, 4.69) is 10.6 Å². The van der Waals surface area contributed by atoms with E-state index in [9.17, 15) is 14.4 Å². The van der Waals surface area contributed by atoms with Crippen molar-refractivity contribution in [2.75, 3.05) is 18.1 Å². The smallest absolute Gasteiger partial charge is 0.327 e. The fourth-order valence-corrected chi connectivity index (χ4v) is 1.79. The number of rotatable bonds is 1. The van der Waals surface area contributed by atoms with E-state index < -0.39 is 17.9 Å².